The van der Waals surface area contributed by atoms with Crippen LogP contribution in [0.1, 0.15) is 21.6 Å². The number of carbonyl (C=O) groups excluding carboxylic acids is 1. The third-order valence-corrected chi connectivity index (χ3v) is 3.47. The predicted octanol–water partition coefficient (Wildman–Crippen LogP) is 3.72. The normalized spacial score (nSPS) is 11.5. The van der Waals surface area contributed by atoms with Crippen molar-refractivity contribution < 1.29 is 22.4 Å². The second-order valence-corrected chi connectivity index (χ2v) is 5.24. The number of nitrogens with zero attached hydrogens (tertiary/aromatic N) is 2. The Morgan fingerprint density at radius 1 is 1.12 bits per heavy atom. The highest BCUT2D eigenvalue weighted by atomic mass is 19.4. The Kier molecular flexibility index (Phi) is 4.35. The van der Waals surface area contributed by atoms with Gasteiger partial charge in [0.2, 0.25) is 0 Å². The molecule has 0 spiro atoms. The molecule has 0 saturated heterocycles. The zero-order chi connectivity index (χ0) is 18.0. The highest BCUT2D eigenvalue weighted by Crippen LogP contribution is 2.32. The Morgan fingerprint density at radius 2 is 1.84 bits per heavy atom. The second-order valence-electron chi connectivity index (χ2n) is 5.24. The van der Waals surface area contributed by atoms with Gasteiger partial charge in [-0.1, -0.05) is 12.1 Å². The molecule has 0 aliphatic heterocycles. The number of nitrogens with one attached hydrogen (secondary N) is 1. The zero-order valence-corrected chi connectivity index (χ0v) is 12.6. The van der Waals surface area contributed by atoms with Crippen LogP contribution in [0.3, 0.4) is 0 Å². The number of benzene rings is 1. The third kappa shape index (κ3) is 3.73. The van der Waals surface area contributed by atoms with Crippen molar-refractivity contribution in [1.82, 2.24) is 15.3 Å². The fraction of sp³-hybridized carbons (Fsp3) is 0.118. The molecule has 4 nitrogen and oxygen atoms in total. The molecular weight excluding hydrogens is 338 g/mol. The molecule has 0 fully saturated rings. The molecule has 8 heteroatoms. The number of rotatable bonds is 3. The van der Waals surface area contributed by atoms with Gasteiger partial charge in [0.15, 0.2) is 11.3 Å². The summed E-state index contributed by atoms with van der Waals surface area (Å²) in [7, 11) is 0. The molecule has 25 heavy (non-hydrogen) atoms. The van der Waals surface area contributed by atoms with Gasteiger partial charge in [-0.3, -0.25) is 4.79 Å². The minimum Gasteiger partial charge on any atom is -0.348 e. The number of alkyl halides is 3. The molecular formula is C17H11F4N3O. The van der Waals surface area contributed by atoms with Gasteiger partial charge in [0, 0.05) is 18.1 Å². The fourth-order valence-corrected chi connectivity index (χ4v) is 2.27. The molecule has 1 amide bonds. The number of amides is 1. The lowest BCUT2D eigenvalue weighted by Gasteiger charge is -2.13. The van der Waals surface area contributed by atoms with Crippen molar-refractivity contribution >= 4 is 16.9 Å². The van der Waals surface area contributed by atoms with E-state index >= 15 is 0 Å². The minimum atomic E-state index is -4.80. The first kappa shape index (κ1) is 16.8. The number of aromatic nitrogens is 2. The molecule has 0 bridgehead atoms. The van der Waals surface area contributed by atoms with Crippen LogP contribution in [0, 0.1) is 5.82 Å². The van der Waals surface area contributed by atoms with Gasteiger partial charge in [-0.15, -0.1) is 0 Å². The monoisotopic (exact) mass is 349 g/mol. The van der Waals surface area contributed by atoms with Gasteiger partial charge in [0.1, 0.15) is 5.82 Å². The maximum atomic E-state index is 13.2. The number of hydrogen-bond donors (Lipinski definition) is 1. The Balaban J connectivity index is 1.92. The fourth-order valence-electron chi connectivity index (χ4n) is 2.27. The molecule has 0 radical (unpaired) electrons. The van der Waals surface area contributed by atoms with Crippen molar-refractivity contribution in [3.05, 3.63) is 71.3 Å². The molecule has 3 aromatic rings. The van der Waals surface area contributed by atoms with Crippen LogP contribution in [-0.2, 0) is 12.7 Å². The van der Waals surface area contributed by atoms with Crippen LogP contribution in [0.2, 0.25) is 0 Å². The van der Waals surface area contributed by atoms with Crippen LogP contribution in [0.5, 0.6) is 0 Å². The summed E-state index contributed by atoms with van der Waals surface area (Å²) >= 11 is 0. The zero-order valence-electron chi connectivity index (χ0n) is 12.6. The van der Waals surface area contributed by atoms with Crippen LogP contribution in [0.15, 0.2) is 48.7 Å². The van der Waals surface area contributed by atoms with E-state index in [0.29, 0.717) is 10.9 Å². The quantitative estimate of drug-likeness (QED) is 0.734. The summed E-state index contributed by atoms with van der Waals surface area (Å²) in [4.78, 5) is 19.5. The third-order valence-electron chi connectivity index (χ3n) is 3.47. The number of halogens is 4. The first-order valence-electron chi connectivity index (χ1n) is 7.20. The van der Waals surface area contributed by atoms with Gasteiger partial charge in [-0.05, 0) is 35.9 Å². The number of hydrogen-bond acceptors (Lipinski definition) is 3. The lowest BCUT2D eigenvalue weighted by atomic mass is 10.1. The Morgan fingerprint density at radius 3 is 2.52 bits per heavy atom. The van der Waals surface area contributed by atoms with Crippen LogP contribution in [-0.4, -0.2) is 15.9 Å². The first-order chi connectivity index (χ1) is 11.8. The van der Waals surface area contributed by atoms with Crippen molar-refractivity contribution in [2.75, 3.05) is 0 Å². The van der Waals surface area contributed by atoms with Crippen molar-refractivity contribution in [1.29, 1.82) is 0 Å². The molecule has 1 aromatic carbocycles. The van der Waals surface area contributed by atoms with E-state index in [1.165, 1.54) is 42.6 Å². The standard InChI is InChI=1S/C17H11F4N3O/c18-12-5-3-10(4-6-12)9-23-16(25)13-8-11-2-1-7-22-15(11)24-14(13)17(19,20)21/h1-8H,9H2,(H,23,25). The van der Waals surface area contributed by atoms with E-state index in [1.807, 2.05) is 0 Å². The summed E-state index contributed by atoms with van der Waals surface area (Å²) in [6.07, 6.45) is -3.47. The number of carbonyl (C=O) groups is 1. The van der Waals surface area contributed by atoms with Gasteiger partial charge < -0.3 is 5.32 Å². The molecule has 0 saturated carbocycles. The first-order valence-corrected chi connectivity index (χ1v) is 7.20. The predicted molar refractivity (Wildman–Crippen MR) is 82.1 cm³/mol. The average Bonchev–Trinajstić information content (AvgIpc) is 2.59. The van der Waals surface area contributed by atoms with Crippen molar-refractivity contribution in [2.24, 2.45) is 0 Å². The maximum absolute atomic E-state index is 13.2. The molecule has 2 heterocycles. The van der Waals surface area contributed by atoms with E-state index in [2.05, 4.69) is 15.3 Å². The molecule has 0 aliphatic rings. The minimum absolute atomic E-state index is 0.0402. The van der Waals surface area contributed by atoms with Crippen LogP contribution >= 0.6 is 0 Å². The Labute approximate surface area is 139 Å². The van der Waals surface area contributed by atoms with Crippen molar-refractivity contribution in [3.63, 3.8) is 0 Å². The van der Waals surface area contributed by atoms with Gasteiger partial charge in [-0.2, -0.15) is 13.2 Å². The van der Waals surface area contributed by atoms with Gasteiger partial charge >= 0.3 is 6.18 Å². The second kappa shape index (κ2) is 6.46. The van der Waals surface area contributed by atoms with Crippen molar-refractivity contribution in [2.45, 2.75) is 12.7 Å². The molecule has 128 valence electrons. The number of pyridine rings is 2. The highest BCUT2D eigenvalue weighted by molar-refractivity contribution is 5.98. The van der Waals surface area contributed by atoms with E-state index in [-0.39, 0.29) is 12.2 Å². The van der Waals surface area contributed by atoms with E-state index < -0.39 is 29.2 Å². The molecule has 0 unspecified atom stereocenters. The van der Waals surface area contributed by atoms with E-state index in [9.17, 15) is 22.4 Å². The largest absolute Gasteiger partial charge is 0.434 e. The lowest BCUT2D eigenvalue weighted by molar-refractivity contribution is -0.141. The lowest BCUT2D eigenvalue weighted by Crippen LogP contribution is -2.26. The molecule has 0 atom stereocenters. The Hall–Kier alpha value is -3.03. The summed E-state index contributed by atoms with van der Waals surface area (Å²) in [5, 5.41) is 2.71. The summed E-state index contributed by atoms with van der Waals surface area (Å²) in [5.74, 6) is -1.37. The summed E-state index contributed by atoms with van der Waals surface area (Å²) in [6, 6.07) is 9.44. The average molecular weight is 349 g/mol. The molecule has 0 aliphatic carbocycles. The van der Waals surface area contributed by atoms with Gasteiger partial charge in [0.25, 0.3) is 5.91 Å². The van der Waals surface area contributed by atoms with E-state index in [4.69, 9.17) is 0 Å². The van der Waals surface area contributed by atoms with Gasteiger partial charge in [0.05, 0.1) is 5.56 Å². The van der Waals surface area contributed by atoms with Crippen molar-refractivity contribution in [3.8, 4) is 0 Å². The van der Waals surface area contributed by atoms with Gasteiger partial charge in [-0.25, -0.2) is 14.4 Å². The summed E-state index contributed by atoms with van der Waals surface area (Å²) in [5.41, 5.74) is -1.42. The van der Waals surface area contributed by atoms with Crippen LogP contribution in [0.25, 0.3) is 11.0 Å². The number of fused-ring (bicyclic) bond motifs is 1. The molecule has 1 N–H and O–H groups in total. The highest BCUT2D eigenvalue weighted by Gasteiger charge is 2.37. The topological polar surface area (TPSA) is 54.9 Å². The molecule has 2 aromatic heterocycles. The smallest absolute Gasteiger partial charge is 0.348 e. The Bertz CT molecular complexity index is 923. The maximum Gasteiger partial charge on any atom is 0.434 e. The molecule has 3 rings (SSSR count). The van der Waals surface area contributed by atoms with E-state index in [0.717, 1.165) is 6.07 Å². The van der Waals surface area contributed by atoms with Crippen LogP contribution < -0.4 is 5.32 Å². The van der Waals surface area contributed by atoms with E-state index in [1.54, 1.807) is 0 Å². The summed E-state index contributed by atoms with van der Waals surface area (Å²) in [6.45, 7) is -0.0402. The van der Waals surface area contributed by atoms with Crippen LogP contribution in [0.4, 0.5) is 17.6 Å². The summed E-state index contributed by atoms with van der Waals surface area (Å²) < 4.78 is 52.6. The SMILES string of the molecule is O=C(NCc1ccc(F)cc1)c1cc2cccnc2nc1C(F)(F)F.